The highest BCUT2D eigenvalue weighted by Crippen LogP contribution is 2.30. The third-order valence-corrected chi connectivity index (χ3v) is 5.22. The maximum absolute atomic E-state index is 5.22. The summed E-state index contributed by atoms with van der Waals surface area (Å²) < 4.78 is 5.22. The van der Waals surface area contributed by atoms with Crippen LogP contribution < -0.4 is 4.74 Å². The third-order valence-electron chi connectivity index (χ3n) is 5.22. The monoisotopic (exact) mass is 314 g/mol. The predicted octanol–water partition coefficient (Wildman–Crippen LogP) is 6.71. The van der Waals surface area contributed by atoms with E-state index in [1.165, 1.54) is 69.8 Å². The molecule has 1 nitrogen and oxygen atoms in total. The van der Waals surface area contributed by atoms with Crippen LogP contribution in [0.4, 0.5) is 0 Å². The standard InChI is InChI=1S/C22H34O/c1-3-4-5-6-7-8-19-9-11-20(12-10-19)13-14-21-15-17-22(23-2)18-16-21/h11,15-19H,3-10,12-14H2,1-2H3. The molecule has 1 unspecified atom stereocenters. The van der Waals surface area contributed by atoms with Crippen molar-refractivity contribution >= 4 is 0 Å². The van der Waals surface area contributed by atoms with E-state index < -0.39 is 0 Å². The lowest BCUT2D eigenvalue weighted by molar-refractivity contribution is 0.410. The molecule has 0 radical (unpaired) electrons. The summed E-state index contributed by atoms with van der Waals surface area (Å²) in [6.07, 6.45) is 17.6. The lowest BCUT2D eigenvalue weighted by Gasteiger charge is -2.22. The van der Waals surface area contributed by atoms with Gasteiger partial charge in [-0.25, -0.2) is 0 Å². The summed E-state index contributed by atoms with van der Waals surface area (Å²) in [4.78, 5) is 0. The van der Waals surface area contributed by atoms with E-state index in [2.05, 4.69) is 37.3 Å². The maximum atomic E-state index is 5.22. The molecule has 0 spiro atoms. The molecule has 1 heteroatoms. The number of benzene rings is 1. The Bertz CT molecular complexity index is 457. The van der Waals surface area contributed by atoms with Crippen molar-refractivity contribution in [3.63, 3.8) is 0 Å². The van der Waals surface area contributed by atoms with Crippen molar-refractivity contribution in [2.45, 2.75) is 77.6 Å². The van der Waals surface area contributed by atoms with E-state index in [0.29, 0.717) is 0 Å². The lowest BCUT2D eigenvalue weighted by Crippen LogP contribution is -2.06. The molecular formula is C22H34O. The summed E-state index contributed by atoms with van der Waals surface area (Å²) in [7, 11) is 1.72. The van der Waals surface area contributed by atoms with Crippen molar-refractivity contribution < 1.29 is 4.74 Å². The van der Waals surface area contributed by atoms with E-state index in [1.54, 1.807) is 12.7 Å². The van der Waals surface area contributed by atoms with Crippen LogP contribution in [0.5, 0.6) is 5.75 Å². The van der Waals surface area contributed by atoms with E-state index in [1.807, 2.05) is 0 Å². The minimum Gasteiger partial charge on any atom is -0.497 e. The molecule has 1 aromatic rings. The van der Waals surface area contributed by atoms with Crippen LogP contribution in [0, 0.1) is 5.92 Å². The highest BCUT2D eigenvalue weighted by atomic mass is 16.5. The topological polar surface area (TPSA) is 9.23 Å². The van der Waals surface area contributed by atoms with Gasteiger partial charge in [-0.2, -0.15) is 0 Å². The number of methoxy groups -OCH3 is 1. The van der Waals surface area contributed by atoms with Gasteiger partial charge < -0.3 is 4.74 Å². The quantitative estimate of drug-likeness (QED) is 0.344. The van der Waals surface area contributed by atoms with Gasteiger partial charge in [-0.1, -0.05) is 69.2 Å². The van der Waals surface area contributed by atoms with Crippen LogP contribution in [0.2, 0.25) is 0 Å². The third kappa shape index (κ3) is 6.81. The average molecular weight is 315 g/mol. The second kappa shape index (κ2) is 10.5. The van der Waals surface area contributed by atoms with E-state index >= 15 is 0 Å². The summed E-state index contributed by atoms with van der Waals surface area (Å²) >= 11 is 0. The first kappa shape index (κ1) is 18.1. The van der Waals surface area contributed by atoms with Gasteiger partial charge in [0.1, 0.15) is 5.75 Å². The number of allylic oxidation sites excluding steroid dienone is 2. The zero-order valence-corrected chi connectivity index (χ0v) is 15.2. The molecule has 1 aromatic carbocycles. The molecule has 0 aromatic heterocycles. The van der Waals surface area contributed by atoms with Crippen LogP contribution >= 0.6 is 0 Å². The largest absolute Gasteiger partial charge is 0.497 e. The minimum absolute atomic E-state index is 0.951. The number of unbranched alkanes of at least 4 members (excludes halogenated alkanes) is 4. The average Bonchev–Trinajstić information content (AvgIpc) is 2.61. The van der Waals surface area contributed by atoms with Crippen molar-refractivity contribution in [2.24, 2.45) is 5.92 Å². The molecule has 128 valence electrons. The SMILES string of the molecule is CCCCCCCC1CC=C(CCc2ccc(OC)cc2)CC1. The van der Waals surface area contributed by atoms with Gasteiger partial charge in [0.2, 0.25) is 0 Å². The summed E-state index contributed by atoms with van der Waals surface area (Å²) in [5.74, 6) is 1.91. The van der Waals surface area contributed by atoms with Gasteiger partial charge in [-0.3, -0.25) is 0 Å². The molecule has 1 aliphatic carbocycles. The highest BCUT2D eigenvalue weighted by Gasteiger charge is 2.14. The van der Waals surface area contributed by atoms with Gasteiger partial charge in [0.15, 0.2) is 0 Å². The van der Waals surface area contributed by atoms with Gasteiger partial charge >= 0.3 is 0 Å². The Balaban J connectivity index is 1.63. The normalized spacial score (nSPS) is 17.8. The van der Waals surface area contributed by atoms with Crippen LogP contribution in [0.25, 0.3) is 0 Å². The fraction of sp³-hybridized carbons (Fsp3) is 0.636. The van der Waals surface area contributed by atoms with Crippen LogP contribution in [0.15, 0.2) is 35.9 Å². The van der Waals surface area contributed by atoms with Crippen molar-refractivity contribution in [3.8, 4) is 5.75 Å². The Morgan fingerprint density at radius 1 is 1.00 bits per heavy atom. The van der Waals surface area contributed by atoms with Crippen LogP contribution in [0.3, 0.4) is 0 Å². The number of rotatable bonds is 10. The summed E-state index contributed by atoms with van der Waals surface area (Å²) in [5.41, 5.74) is 3.10. The number of ether oxygens (including phenoxy) is 1. The maximum Gasteiger partial charge on any atom is 0.118 e. The predicted molar refractivity (Wildman–Crippen MR) is 100 cm³/mol. The van der Waals surface area contributed by atoms with E-state index in [4.69, 9.17) is 4.74 Å². The Hall–Kier alpha value is -1.24. The van der Waals surface area contributed by atoms with Crippen molar-refractivity contribution in [1.82, 2.24) is 0 Å². The molecule has 0 saturated heterocycles. The van der Waals surface area contributed by atoms with E-state index in [0.717, 1.165) is 18.1 Å². The molecular weight excluding hydrogens is 280 g/mol. The fourth-order valence-electron chi connectivity index (χ4n) is 3.57. The van der Waals surface area contributed by atoms with Crippen LogP contribution in [-0.2, 0) is 6.42 Å². The van der Waals surface area contributed by atoms with E-state index in [9.17, 15) is 0 Å². The first-order valence-corrected chi connectivity index (χ1v) is 9.62. The first-order valence-electron chi connectivity index (χ1n) is 9.62. The Kier molecular flexibility index (Phi) is 8.28. The summed E-state index contributed by atoms with van der Waals surface area (Å²) in [5, 5.41) is 0. The zero-order valence-electron chi connectivity index (χ0n) is 15.2. The molecule has 23 heavy (non-hydrogen) atoms. The molecule has 0 fully saturated rings. The van der Waals surface area contributed by atoms with Crippen LogP contribution in [-0.4, -0.2) is 7.11 Å². The molecule has 0 saturated carbocycles. The molecule has 0 amide bonds. The lowest BCUT2D eigenvalue weighted by atomic mass is 9.84. The van der Waals surface area contributed by atoms with E-state index in [-0.39, 0.29) is 0 Å². The molecule has 0 aliphatic heterocycles. The Labute approximate surface area is 143 Å². The Morgan fingerprint density at radius 3 is 2.43 bits per heavy atom. The second-order valence-corrected chi connectivity index (χ2v) is 7.05. The fourth-order valence-corrected chi connectivity index (χ4v) is 3.57. The molecule has 1 aliphatic rings. The minimum atomic E-state index is 0.951. The zero-order chi connectivity index (χ0) is 16.3. The molecule has 1 atom stereocenters. The van der Waals surface area contributed by atoms with Gasteiger partial charge in [-0.05, 0) is 55.7 Å². The van der Waals surface area contributed by atoms with Gasteiger partial charge in [0, 0.05) is 0 Å². The summed E-state index contributed by atoms with van der Waals surface area (Å²) in [6.45, 7) is 2.29. The number of aryl methyl sites for hydroxylation is 1. The van der Waals surface area contributed by atoms with Crippen molar-refractivity contribution in [1.29, 1.82) is 0 Å². The molecule has 0 heterocycles. The van der Waals surface area contributed by atoms with Gasteiger partial charge in [0.25, 0.3) is 0 Å². The summed E-state index contributed by atoms with van der Waals surface area (Å²) in [6, 6.07) is 8.53. The van der Waals surface area contributed by atoms with Crippen molar-refractivity contribution in [3.05, 3.63) is 41.5 Å². The number of hydrogen-bond acceptors (Lipinski definition) is 1. The first-order chi connectivity index (χ1) is 11.3. The van der Waals surface area contributed by atoms with Crippen LogP contribution in [0.1, 0.15) is 76.7 Å². The Morgan fingerprint density at radius 2 is 1.78 bits per heavy atom. The number of hydrogen-bond donors (Lipinski definition) is 0. The van der Waals surface area contributed by atoms with Gasteiger partial charge in [-0.15, -0.1) is 0 Å². The molecule has 2 rings (SSSR count). The van der Waals surface area contributed by atoms with Gasteiger partial charge in [0.05, 0.1) is 7.11 Å². The second-order valence-electron chi connectivity index (χ2n) is 7.05. The molecule has 0 N–H and O–H groups in total. The highest BCUT2D eigenvalue weighted by molar-refractivity contribution is 5.27. The smallest absolute Gasteiger partial charge is 0.118 e. The van der Waals surface area contributed by atoms with Crippen molar-refractivity contribution in [2.75, 3.05) is 7.11 Å². The molecule has 0 bridgehead atoms.